The Morgan fingerprint density at radius 1 is 0.625 bits per heavy atom. The summed E-state index contributed by atoms with van der Waals surface area (Å²) in [5.74, 6) is 3.41. The van der Waals surface area contributed by atoms with Gasteiger partial charge in [0, 0.05) is 38.0 Å². The zero-order valence-corrected chi connectivity index (χ0v) is 38.6. The first-order valence-electron chi connectivity index (χ1n) is 24.5. The van der Waals surface area contributed by atoms with Crippen LogP contribution in [0.5, 0.6) is 0 Å². The third-order valence-corrected chi connectivity index (χ3v) is 12.0. The Kier molecular flexibility index (Phi) is 38.8. The van der Waals surface area contributed by atoms with Crippen LogP contribution in [-0.2, 0) is 14.4 Å². The average molecular weight is 781 g/mol. The predicted octanol–water partition coefficient (Wildman–Crippen LogP) is 17.2. The van der Waals surface area contributed by atoms with E-state index in [1.54, 1.807) is 0 Å². The predicted molar refractivity (Wildman–Crippen MR) is 247 cm³/mol. The third kappa shape index (κ3) is 39.1. The normalized spacial score (nSPS) is 21.5. The molecule has 0 aromatic heterocycles. The Hall–Kier alpha value is -1.77. The smallest absolute Gasteiger partial charge is 0.135 e. The molecule has 0 aromatic carbocycles. The van der Waals surface area contributed by atoms with Gasteiger partial charge >= 0.3 is 0 Å². The number of ketones is 3. The van der Waals surface area contributed by atoms with Crippen LogP contribution < -0.4 is 0 Å². The summed E-state index contributed by atoms with van der Waals surface area (Å²) in [4.78, 5) is 35.7. The standard InChI is InChI=1S/C21H38O.C16H30O.C16H28O/c1-6-7-8-9-10-11-12-16-20(5)21(22)17-19(4)15-13-14-18(2)3;2*1-15-12-10-8-6-4-2-3-5-7-9-11-13-16(17)14-15/h6,14,19-20H,1,7-13,15-17H2,2-5H3;15H,2-14H2,1H3;6,8,15H,2-5,7,9-14H2,1H3. The van der Waals surface area contributed by atoms with E-state index < -0.39 is 0 Å². The van der Waals surface area contributed by atoms with Gasteiger partial charge in [0.05, 0.1) is 0 Å². The molecule has 56 heavy (non-hydrogen) atoms. The summed E-state index contributed by atoms with van der Waals surface area (Å²) in [7, 11) is 0. The molecule has 4 unspecified atom stereocenters. The van der Waals surface area contributed by atoms with Gasteiger partial charge in [-0.05, 0) is 102 Å². The van der Waals surface area contributed by atoms with Crippen molar-refractivity contribution in [3.8, 4) is 0 Å². The van der Waals surface area contributed by atoms with Gasteiger partial charge < -0.3 is 0 Å². The van der Waals surface area contributed by atoms with Crippen LogP contribution in [0.15, 0.2) is 36.5 Å². The fourth-order valence-corrected chi connectivity index (χ4v) is 8.06. The lowest BCUT2D eigenvalue weighted by atomic mass is 9.90. The molecule has 0 saturated heterocycles. The Labute approximate surface area is 350 Å². The number of rotatable bonds is 14. The first kappa shape index (κ1) is 54.2. The number of hydrogen-bond donors (Lipinski definition) is 0. The van der Waals surface area contributed by atoms with Crippen LogP contribution in [0.3, 0.4) is 0 Å². The highest BCUT2D eigenvalue weighted by atomic mass is 16.1. The lowest BCUT2D eigenvalue weighted by Gasteiger charge is -2.14. The van der Waals surface area contributed by atoms with Gasteiger partial charge in [0.15, 0.2) is 0 Å². The molecule has 0 amide bonds. The molecule has 3 heteroatoms. The van der Waals surface area contributed by atoms with Crippen LogP contribution in [0.4, 0.5) is 0 Å². The number of unbranched alkanes of at least 4 members (excludes halogenated alkanes) is 5. The Morgan fingerprint density at radius 2 is 1.11 bits per heavy atom. The Bertz CT molecular complexity index is 1000. The van der Waals surface area contributed by atoms with Crippen LogP contribution >= 0.6 is 0 Å². The second kappa shape index (κ2) is 40.0. The van der Waals surface area contributed by atoms with E-state index in [4.69, 9.17) is 0 Å². The maximum atomic E-state index is 12.2. The molecular weight excluding hydrogens is 685 g/mol. The van der Waals surface area contributed by atoms with E-state index in [-0.39, 0.29) is 5.92 Å². The number of allylic oxidation sites excluding steroid dienone is 5. The van der Waals surface area contributed by atoms with Gasteiger partial charge in [0.25, 0.3) is 0 Å². The molecule has 2 aliphatic rings. The highest BCUT2D eigenvalue weighted by Crippen LogP contribution is 2.21. The van der Waals surface area contributed by atoms with Crippen LogP contribution in [0.25, 0.3) is 0 Å². The number of hydrogen-bond acceptors (Lipinski definition) is 3. The molecule has 0 bridgehead atoms. The van der Waals surface area contributed by atoms with Crippen LogP contribution in [0, 0.1) is 23.7 Å². The van der Waals surface area contributed by atoms with Crippen molar-refractivity contribution >= 4 is 17.3 Å². The summed E-state index contributed by atoms with van der Waals surface area (Å²) in [6.45, 7) is 16.8. The second-order valence-corrected chi connectivity index (χ2v) is 18.6. The van der Waals surface area contributed by atoms with Crippen LogP contribution in [0.2, 0.25) is 0 Å². The van der Waals surface area contributed by atoms with Crippen LogP contribution in [0.1, 0.15) is 260 Å². The Balaban J connectivity index is 0.000000819. The van der Waals surface area contributed by atoms with Gasteiger partial charge in [-0.1, -0.05) is 173 Å². The fraction of sp³-hybridized carbons (Fsp3) is 0.830. The summed E-state index contributed by atoms with van der Waals surface area (Å²) in [6.07, 6.45) is 49.7. The minimum atomic E-state index is 0.249. The number of carbonyl (C=O) groups is 3. The van der Waals surface area contributed by atoms with Crippen molar-refractivity contribution in [2.45, 2.75) is 260 Å². The van der Waals surface area contributed by atoms with Gasteiger partial charge in [0.2, 0.25) is 0 Å². The van der Waals surface area contributed by atoms with E-state index in [9.17, 15) is 14.4 Å². The molecule has 0 aromatic rings. The maximum Gasteiger partial charge on any atom is 0.135 e. The highest BCUT2D eigenvalue weighted by molar-refractivity contribution is 5.80. The lowest BCUT2D eigenvalue weighted by Crippen LogP contribution is -2.14. The fourth-order valence-electron chi connectivity index (χ4n) is 8.06. The molecule has 1 fully saturated rings. The molecule has 0 radical (unpaired) electrons. The summed E-state index contributed by atoms with van der Waals surface area (Å²) in [6, 6.07) is 0. The van der Waals surface area contributed by atoms with Gasteiger partial charge in [-0.2, -0.15) is 0 Å². The zero-order valence-electron chi connectivity index (χ0n) is 38.6. The van der Waals surface area contributed by atoms with Gasteiger partial charge in [0.1, 0.15) is 17.3 Å². The summed E-state index contributed by atoms with van der Waals surface area (Å²) in [5, 5.41) is 0. The van der Waals surface area contributed by atoms with E-state index in [1.165, 1.54) is 147 Å². The third-order valence-electron chi connectivity index (χ3n) is 12.0. The average Bonchev–Trinajstić information content (AvgIpc) is 3.16. The molecule has 2 rings (SSSR count). The largest absolute Gasteiger partial charge is 0.300 e. The molecule has 0 N–H and O–H groups in total. The van der Waals surface area contributed by atoms with Crippen molar-refractivity contribution in [3.63, 3.8) is 0 Å². The SMILES string of the molecule is C=CCCCCCCCC(C)C(=O)CC(C)CCC=C(C)C.CC1CCC=CCCCCCCCCC(=O)C1.CC1CCCCCCCCCCCCC(=O)C1. The maximum absolute atomic E-state index is 12.2. The minimum absolute atomic E-state index is 0.249. The van der Waals surface area contributed by atoms with Gasteiger partial charge in [-0.25, -0.2) is 0 Å². The first-order chi connectivity index (χ1) is 27.0. The quantitative estimate of drug-likeness (QED) is 0.130. The topological polar surface area (TPSA) is 51.2 Å². The van der Waals surface area contributed by atoms with E-state index >= 15 is 0 Å². The summed E-state index contributed by atoms with van der Waals surface area (Å²) >= 11 is 0. The van der Waals surface area contributed by atoms with Crippen molar-refractivity contribution in [2.75, 3.05) is 0 Å². The van der Waals surface area contributed by atoms with Crippen molar-refractivity contribution < 1.29 is 14.4 Å². The van der Waals surface area contributed by atoms with E-state index in [1.807, 2.05) is 6.08 Å². The number of Topliss-reactive ketones (excluding diaryl/α,β-unsaturated/α-hetero) is 3. The van der Waals surface area contributed by atoms with E-state index in [0.29, 0.717) is 35.1 Å². The molecule has 326 valence electrons. The zero-order chi connectivity index (χ0) is 41.5. The van der Waals surface area contributed by atoms with E-state index in [2.05, 4.69) is 66.3 Å². The molecular formula is C53H96O3. The summed E-state index contributed by atoms with van der Waals surface area (Å²) in [5.41, 5.74) is 1.37. The van der Waals surface area contributed by atoms with Crippen molar-refractivity contribution in [1.82, 2.24) is 0 Å². The lowest BCUT2D eigenvalue weighted by molar-refractivity contribution is -0.123. The molecule has 3 nitrogen and oxygen atoms in total. The van der Waals surface area contributed by atoms with Crippen LogP contribution in [-0.4, -0.2) is 17.3 Å². The monoisotopic (exact) mass is 781 g/mol. The molecule has 4 atom stereocenters. The van der Waals surface area contributed by atoms with Gasteiger partial charge in [-0.3, -0.25) is 14.4 Å². The second-order valence-electron chi connectivity index (χ2n) is 18.6. The number of carbonyl (C=O) groups excluding carboxylic acids is 3. The molecule has 0 heterocycles. The minimum Gasteiger partial charge on any atom is -0.300 e. The van der Waals surface area contributed by atoms with E-state index in [0.717, 1.165) is 77.0 Å². The molecule has 0 spiro atoms. The molecule has 0 aliphatic heterocycles. The molecule has 2 aliphatic carbocycles. The summed E-state index contributed by atoms with van der Waals surface area (Å²) < 4.78 is 0. The Morgan fingerprint density at radius 3 is 1.68 bits per heavy atom. The van der Waals surface area contributed by atoms with Crippen molar-refractivity contribution in [1.29, 1.82) is 0 Å². The van der Waals surface area contributed by atoms with Crippen molar-refractivity contribution in [3.05, 3.63) is 36.5 Å². The first-order valence-corrected chi connectivity index (χ1v) is 24.5. The van der Waals surface area contributed by atoms with Gasteiger partial charge in [-0.15, -0.1) is 6.58 Å². The molecule has 1 saturated carbocycles. The van der Waals surface area contributed by atoms with Crippen molar-refractivity contribution in [2.24, 2.45) is 23.7 Å². The highest BCUT2D eigenvalue weighted by Gasteiger charge is 2.16.